The van der Waals surface area contributed by atoms with Crippen LogP contribution in [-0.4, -0.2) is 19.3 Å². The topological polar surface area (TPSA) is 36.4 Å². The van der Waals surface area contributed by atoms with Crippen molar-refractivity contribution in [3.8, 4) is 0 Å². The van der Waals surface area contributed by atoms with E-state index in [9.17, 15) is 0 Å². The molecule has 0 amide bonds. The Kier molecular flexibility index (Phi) is 1.73. The van der Waals surface area contributed by atoms with Crippen molar-refractivity contribution in [3.05, 3.63) is 23.4 Å². The van der Waals surface area contributed by atoms with Crippen molar-refractivity contribution in [3.63, 3.8) is 0 Å². The Bertz CT molecular complexity index is 238. The van der Waals surface area contributed by atoms with Gasteiger partial charge in [0.25, 0.3) is 0 Å². The molecule has 0 atom stereocenters. The predicted octanol–water partition coefficient (Wildman–Crippen LogP) is 0.379. The number of aliphatic imine (C=N–C) groups is 1. The van der Waals surface area contributed by atoms with Gasteiger partial charge in [0, 0.05) is 25.5 Å². The normalized spacial score (nSPS) is 22.5. The zero-order valence-electron chi connectivity index (χ0n) is 6.30. The van der Waals surface area contributed by atoms with Crippen molar-refractivity contribution in [2.45, 2.75) is 6.42 Å². The first kappa shape index (κ1) is 6.61. The van der Waals surface area contributed by atoms with E-state index in [0.29, 0.717) is 0 Å². The summed E-state index contributed by atoms with van der Waals surface area (Å²) in [4.78, 5) is 4.21. The molecule has 2 aliphatic heterocycles. The minimum Gasteiger partial charge on any atom is -0.328 e. The molecule has 3 nitrogen and oxygen atoms in total. The van der Waals surface area contributed by atoms with Gasteiger partial charge in [-0.25, -0.2) is 5.43 Å². The van der Waals surface area contributed by atoms with Crippen molar-refractivity contribution in [1.29, 1.82) is 0 Å². The number of hydrazine groups is 1. The molecule has 3 heteroatoms. The molecule has 11 heavy (non-hydrogen) atoms. The lowest BCUT2D eigenvalue weighted by Crippen LogP contribution is -2.20. The quantitative estimate of drug-likeness (QED) is 0.565. The van der Waals surface area contributed by atoms with Crippen LogP contribution >= 0.6 is 0 Å². The molecule has 2 N–H and O–H groups in total. The summed E-state index contributed by atoms with van der Waals surface area (Å²) in [6.45, 7) is 1.84. The summed E-state index contributed by atoms with van der Waals surface area (Å²) in [5.74, 6) is 0. The van der Waals surface area contributed by atoms with Crippen LogP contribution in [0, 0.1) is 0 Å². The van der Waals surface area contributed by atoms with Crippen LogP contribution < -0.4 is 10.9 Å². The molecule has 2 aliphatic rings. The Hall–Kier alpha value is -1.09. The summed E-state index contributed by atoms with van der Waals surface area (Å²) in [5, 5.41) is 0. The lowest BCUT2D eigenvalue weighted by molar-refractivity contribution is 0.723. The molecule has 0 saturated heterocycles. The van der Waals surface area contributed by atoms with Crippen LogP contribution in [0.2, 0.25) is 0 Å². The molecule has 0 aromatic rings. The molecule has 0 spiro atoms. The van der Waals surface area contributed by atoms with Crippen molar-refractivity contribution >= 4 is 6.21 Å². The van der Waals surface area contributed by atoms with Crippen molar-refractivity contribution in [2.24, 2.45) is 4.99 Å². The largest absolute Gasteiger partial charge is 0.328 e. The van der Waals surface area contributed by atoms with Crippen LogP contribution in [0.5, 0.6) is 0 Å². The van der Waals surface area contributed by atoms with Gasteiger partial charge in [-0.3, -0.25) is 4.99 Å². The van der Waals surface area contributed by atoms with E-state index in [-0.39, 0.29) is 0 Å². The summed E-state index contributed by atoms with van der Waals surface area (Å²) in [5.41, 5.74) is 8.54. The first-order chi connectivity index (χ1) is 5.47. The van der Waals surface area contributed by atoms with Crippen LogP contribution in [0.15, 0.2) is 28.4 Å². The van der Waals surface area contributed by atoms with E-state index in [4.69, 9.17) is 0 Å². The second-order valence-electron chi connectivity index (χ2n) is 2.65. The SMILES string of the molecule is C1=NCCC=C1C1=CNNC1. The zero-order chi connectivity index (χ0) is 7.52. The summed E-state index contributed by atoms with van der Waals surface area (Å²) >= 11 is 0. The average Bonchev–Trinajstić information content (AvgIpc) is 2.58. The van der Waals surface area contributed by atoms with E-state index in [2.05, 4.69) is 21.9 Å². The summed E-state index contributed by atoms with van der Waals surface area (Å²) in [7, 11) is 0. The Morgan fingerprint density at radius 3 is 3.09 bits per heavy atom. The first-order valence-corrected chi connectivity index (χ1v) is 3.84. The Morgan fingerprint density at radius 2 is 2.45 bits per heavy atom. The van der Waals surface area contributed by atoms with Gasteiger partial charge in [-0.1, -0.05) is 6.08 Å². The highest BCUT2D eigenvalue weighted by Gasteiger charge is 2.08. The van der Waals surface area contributed by atoms with Gasteiger partial charge in [0.1, 0.15) is 0 Å². The van der Waals surface area contributed by atoms with E-state index >= 15 is 0 Å². The first-order valence-electron chi connectivity index (χ1n) is 3.84. The van der Waals surface area contributed by atoms with Gasteiger partial charge in [0.15, 0.2) is 0 Å². The van der Waals surface area contributed by atoms with Crippen molar-refractivity contribution in [2.75, 3.05) is 13.1 Å². The van der Waals surface area contributed by atoms with Gasteiger partial charge in [-0.2, -0.15) is 0 Å². The van der Waals surface area contributed by atoms with Gasteiger partial charge < -0.3 is 5.43 Å². The fraction of sp³-hybridized carbons (Fsp3) is 0.375. The van der Waals surface area contributed by atoms with Gasteiger partial charge in [-0.15, -0.1) is 0 Å². The third-order valence-electron chi connectivity index (χ3n) is 1.85. The maximum Gasteiger partial charge on any atom is 0.0424 e. The summed E-state index contributed by atoms with van der Waals surface area (Å²) in [6, 6.07) is 0. The third kappa shape index (κ3) is 1.33. The van der Waals surface area contributed by atoms with E-state index in [1.165, 1.54) is 11.1 Å². The Morgan fingerprint density at radius 1 is 1.45 bits per heavy atom. The molecule has 0 unspecified atom stereocenters. The highest BCUT2D eigenvalue weighted by atomic mass is 15.4. The molecule has 0 aromatic heterocycles. The number of nitrogens with zero attached hydrogens (tertiary/aromatic N) is 1. The number of rotatable bonds is 1. The fourth-order valence-electron chi connectivity index (χ4n) is 1.25. The number of hydrogen-bond acceptors (Lipinski definition) is 3. The van der Waals surface area contributed by atoms with Crippen molar-refractivity contribution in [1.82, 2.24) is 10.9 Å². The molecule has 0 aromatic carbocycles. The predicted molar refractivity (Wildman–Crippen MR) is 45.3 cm³/mol. The molecule has 2 rings (SSSR count). The average molecular weight is 149 g/mol. The minimum absolute atomic E-state index is 0.901. The molecule has 0 aliphatic carbocycles. The fourth-order valence-corrected chi connectivity index (χ4v) is 1.25. The van der Waals surface area contributed by atoms with Crippen LogP contribution in [0.1, 0.15) is 6.42 Å². The monoisotopic (exact) mass is 149 g/mol. The minimum atomic E-state index is 0.901. The second kappa shape index (κ2) is 2.88. The molecular weight excluding hydrogens is 138 g/mol. The van der Waals surface area contributed by atoms with Crippen LogP contribution in [0.3, 0.4) is 0 Å². The maximum atomic E-state index is 4.21. The molecule has 2 heterocycles. The van der Waals surface area contributed by atoms with Crippen LogP contribution in [-0.2, 0) is 0 Å². The molecule has 0 radical (unpaired) electrons. The second-order valence-corrected chi connectivity index (χ2v) is 2.65. The lowest BCUT2D eigenvalue weighted by atomic mass is 10.1. The molecule has 0 bridgehead atoms. The molecule has 58 valence electrons. The van der Waals surface area contributed by atoms with Crippen LogP contribution in [0.25, 0.3) is 0 Å². The van der Waals surface area contributed by atoms with Crippen LogP contribution in [0.4, 0.5) is 0 Å². The van der Waals surface area contributed by atoms with Crippen molar-refractivity contribution < 1.29 is 0 Å². The van der Waals surface area contributed by atoms with Gasteiger partial charge in [0.05, 0.1) is 0 Å². The zero-order valence-corrected chi connectivity index (χ0v) is 6.30. The molecule has 0 saturated carbocycles. The summed E-state index contributed by atoms with van der Waals surface area (Å²) in [6.07, 6.45) is 7.24. The van der Waals surface area contributed by atoms with Gasteiger partial charge in [0.2, 0.25) is 0 Å². The molecule has 0 fully saturated rings. The lowest BCUT2D eigenvalue weighted by Gasteiger charge is -2.05. The number of hydrogen-bond donors (Lipinski definition) is 2. The third-order valence-corrected chi connectivity index (χ3v) is 1.85. The van der Waals surface area contributed by atoms with Gasteiger partial charge in [-0.05, 0) is 17.6 Å². The Balaban J connectivity index is 2.14. The van der Waals surface area contributed by atoms with E-state index in [0.717, 1.165) is 19.5 Å². The van der Waals surface area contributed by atoms with E-state index in [1.54, 1.807) is 0 Å². The van der Waals surface area contributed by atoms with E-state index in [1.807, 2.05) is 12.4 Å². The number of nitrogens with one attached hydrogen (secondary N) is 2. The standard InChI is InChI=1S/C8H11N3/c1-2-7(4-9-3-1)8-5-10-11-6-8/h2,4-5,10-11H,1,3,6H2. The summed E-state index contributed by atoms with van der Waals surface area (Å²) < 4.78 is 0. The van der Waals surface area contributed by atoms with Gasteiger partial charge >= 0.3 is 0 Å². The smallest absolute Gasteiger partial charge is 0.0424 e. The highest BCUT2D eigenvalue weighted by Crippen LogP contribution is 2.12. The van der Waals surface area contributed by atoms with E-state index < -0.39 is 0 Å². The molecular formula is C8H11N3. The number of dihydropyridines is 1. The Labute approximate surface area is 65.9 Å². The highest BCUT2D eigenvalue weighted by molar-refractivity contribution is 5.85. The maximum absolute atomic E-state index is 4.21.